The van der Waals surface area contributed by atoms with E-state index in [2.05, 4.69) is 31.9 Å². The van der Waals surface area contributed by atoms with Gasteiger partial charge in [0, 0.05) is 32.9 Å². The summed E-state index contributed by atoms with van der Waals surface area (Å²) in [5, 5.41) is 12.7. The van der Waals surface area contributed by atoms with Crippen molar-refractivity contribution in [2.45, 2.75) is 35.5 Å². The quantitative estimate of drug-likeness (QED) is 0.160. The van der Waals surface area contributed by atoms with Crippen molar-refractivity contribution in [2.75, 3.05) is 0 Å². The summed E-state index contributed by atoms with van der Waals surface area (Å²) in [5.41, 5.74) is 0.113. The van der Waals surface area contributed by atoms with E-state index in [-0.39, 0.29) is 20.9 Å². The first-order valence-corrected chi connectivity index (χ1v) is 12.8. The molecule has 4 rings (SSSR count). The number of amides is 3. The van der Waals surface area contributed by atoms with Crippen LogP contribution in [0.2, 0.25) is 0 Å². The summed E-state index contributed by atoms with van der Waals surface area (Å²) in [7, 11) is 0. The van der Waals surface area contributed by atoms with Gasteiger partial charge in [-0.15, -0.1) is 0 Å². The monoisotopic (exact) mass is 605 g/mol. The second-order valence-corrected chi connectivity index (χ2v) is 10.9. The number of carbonyl (C=O) groups is 4. The Balaban J connectivity index is 1.74. The van der Waals surface area contributed by atoms with E-state index in [1.807, 2.05) is 0 Å². The summed E-state index contributed by atoms with van der Waals surface area (Å²) >= 11 is 7.09. The van der Waals surface area contributed by atoms with E-state index in [1.165, 1.54) is 19.1 Å². The van der Waals surface area contributed by atoms with Crippen LogP contribution in [0.4, 0.5) is 5.69 Å². The summed E-state index contributed by atoms with van der Waals surface area (Å²) in [4.78, 5) is 64.3. The van der Waals surface area contributed by atoms with Gasteiger partial charge in [0.15, 0.2) is 5.78 Å². The third kappa shape index (κ3) is 4.66. The van der Waals surface area contributed by atoms with Crippen molar-refractivity contribution in [2.24, 2.45) is 11.8 Å². The van der Waals surface area contributed by atoms with Gasteiger partial charge >= 0.3 is 0 Å². The molecule has 2 aromatic rings. The van der Waals surface area contributed by atoms with E-state index >= 15 is 0 Å². The average Bonchev–Trinajstić information content (AvgIpc) is 3.08. The lowest BCUT2D eigenvalue weighted by Crippen LogP contribution is -2.56. The van der Waals surface area contributed by atoms with Gasteiger partial charge in [-0.2, -0.15) is 5.01 Å². The number of nitro groups is 1. The van der Waals surface area contributed by atoms with E-state index in [4.69, 9.17) is 0 Å². The summed E-state index contributed by atoms with van der Waals surface area (Å²) < 4.78 is 0. The molecule has 11 heteroatoms. The minimum absolute atomic E-state index is 0.00974. The molecule has 0 bridgehead atoms. The van der Waals surface area contributed by atoms with Crippen LogP contribution >= 0.6 is 31.9 Å². The van der Waals surface area contributed by atoms with Crippen LogP contribution in [0.5, 0.6) is 0 Å². The highest BCUT2D eigenvalue weighted by molar-refractivity contribution is 9.12. The minimum atomic E-state index is -1.19. The number of carbonyl (C=O) groups excluding carboxylic acids is 4. The zero-order chi connectivity index (χ0) is 25.4. The number of Topliss-reactive ketones (excluding diaryl/α,β-unsaturated/α-hetero) is 1. The second-order valence-electron chi connectivity index (χ2n) is 8.56. The molecule has 182 valence electrons. The fourth-order valence-electron chi connectivity index (χ4n) is 4.54. The Labute approximate surface area is 217 Å². The second kappa shape index (κ2) is 9.98. The predicted octanol–water partition coefficient (Wildman–Crippen LogP) is 4.15. The number of benzene rings is 2. The number of halogens is 2. The highest BCUT2D eigenvalue weighted by Gasteiger charge is 2.55. The van der Waals surface area contributed by atoms with Gasteiger partial charge in [-0.1, -0.05) is 62.2 Å². The summed E-state index contributed by atoms with van der Waals surface area (Å²) in [6.45, 7) is 1.46. The molecule has 0 spiro atoms. The van der Waals surface area contributed by atoms with Crippen molar-refractivity contribution in [3.63, 3.8) is 0 Å². The Kier molecular flexibility index (Phi) is 7.18. The highest BCUT2D eigenvalue weighted by atomic mass is 79.9. The molecule has 9 nitrogen and oxygen atoms in total. The summed E-state index contributed by atoms with van der Waals surface area (Å²) in [5.74, 6) is -3.53. The van der Waals surface area contributed by atoms with Gasteiger partial charge in [0.2, 0.25) is 0 Å². The predicted molar refractivity (Wildman–Crippen MR) is 133 cm³/mol. The van der Waals surface area contributed by atoms with Crippen LogP contribution < -0.4 is 0 Å². The molecule has 2 aliphatic rings. The molecule has 1 aliphatic carbocycles. The lowest BCUT2D eigenvalue weighted by molar-refractivity contribution is -0.384. The molecule has 5 atom stereocenters. The SMILES string of the molecule is C[C@H](C(=O)c1ccccc1)N(C(=O)c1ccc([N+](=O)[O-])cc1)N1C(=O)[C@@H]2C[C@@H](Br)[C@@H](Br)C[C@H]2C1=O. The molecule has 0 N–H and O–H groups in total. The first kappa shape index (κ1) is 25.2. The molecule has 1 saturated carbocycles. The summed E-state index contributed by atoms with van der Waals surface area (Å²) in [6, 6.07) is 11.9. The number of non-ortho nitro benzene ring substituents is 1. The molecule has 1 saturated heterocycles. The topological polar surface area (TPSA) is 118 Å². The van der Waals surface area contributed by atoms with Gasteiger partial charge < -0.3 is 0 Å². The zero-order valence-electron chi connectivity index (χ0n) is 18.5. The molecular weight excluding hydrogens is 586 g/mol. The average molecular weight is 607 g/mol. The van der Waals surface area contributed by atoms with E-state index in [9.17, 15) is 29.3 Å². The van der Waals surface area contributed by atoms with Crippen LogP contribution in [0.15, 0.2) is 54.6 Å². The smallest absolute Gasteiger partial charge is 0.273 e. The molecule has 35 heavy (non-hydrogen) atoms. The van der Waals surface area contributed by atoms with Crippen molar-refractivity contribution < 1.29 is 24.1 Å². The third-order valence-corrected chi connectivity index (χ3v) is 9.17. The first-order valence-electron chi connectivity index (χ1n) is 10.9. The Morgan fingerprint density at radius 2 is 1.46 bits per heavy atom. The van der Waals surface area contributed by atoms with Crippen LogP contribution in [0.3, 0.4) is 0 Å². The van der Waals surface area contributed by atoms with Gasteiger partial charge in [0.25, 0.3) is 23.4 Å². The molecule has 2 aromatic carbocycles. The van der Waals surface area contributed by atoms with Crippen molar-refractivity contribution in [1.29, 1.82) is 0 Å². The lowest BCUT2D eigenvalue weighted by Gasteiger charge is -2.34. The minimum Gasteiger partial charge on any atom is -0.292 e. The number of hydrazine groups is 1. The Bertz CT molecular complexity index is 1160. The van der Waals surface area contributed by atoms with Crippen LogP contribution in [-0.4, -0.2) is 54.1 Å². The number of hydrogen-bond acceptors (Lipinski definition) is 6. The number of rotatable bonds is 6. The summed E-state index contributed by atoms with van der Waals surface area (Å²) in [6.07, 6.45) is 0.810. The number of fused-ring (bicyclic) bond motifs is 1. The fraction of sp³-hybridized carbons (Fsp3) is 0.333. The maximum atomic E-state index is 13.7. The first-order chi connectivity index (χ1) is 16.6. The number of hydrogen-bond donors (Lipinski definition) is 0. The standard InChI is InChI=1S/C24H21Br2N3O6/c1-13(21(30)14-5-3-2-4-6-14)27(22(31)15-7-9-16(10-8-15)29(34)35)28-23(32)17-11-19(25)20(26)12-18(17)24(28)33/h2-10,13,17-20H,11-12H2,1H3/t13-,17-,18-,19-,20+/m1/s1. The van der Waals surface area contributed by atoms with Gasteiger partial charge in [-0.3, -0.25) is 29.3 Å². The van der Waals surface area contributed by atoms with Crippen LogP contribution in [0.25, 0.3) is 0 Å². The van der Waals surface area contributed by atoms with Crippen molar-refractivity contribution in [3.05, 3.63) is 75.8 Å². The maximum Gasteiger partial charge on any atom is 0.273 e. The molecule has 3 amide bonds. The van der Waals surface area contributed by atoms with Gasteiger partial charge in [0.05, 0.1) is 16.8 Å². The van der Waals surface area contributed by atoms with Gasteiger partial charge in [-0.05, 0) is 31.9 Å². The van der Waals surface area contributed by atoms with E-state index in [0.29, 0.717) is 18.4 Å². The normalized spacial score (nSPS) is 24.6. The third-order valence-electron chi connectivity index (χ3n) is 6.44. The molecule has 1 heterocycles. The highest BCUT2D eigenvalue weighted by Crippen LogP contribution is 2.44. The van der Waals surface area contributed by atoms with Gasteiger partial charge in [-0.25, -0.2) is 5.01 Å². The molecule has 1 aliphatic heterocycles. The number of nitro benzene ring substituents is 1. The molecule has 2 fully saturated rings. The van der Waals surface area contributed by atoms with Crippen LogP contribution in [0, 0.1) is 22.0 Å². The molecule has 0 unspecified atom stereocenters. The zero-order valence-corrected chi connectivity index (χ0v) is 21.7. The van der Waals surface area contributed by atoms with Gasteiger partial charge in [0.1, 0.15) is 6.04 Å². The largest absolute Gasteiger partial charge is 0.292 e. The van der Waals surface area contributed by atoms with Crippen LogP contribution in [-0.2, 0) is 9.59 Å². The van der Waals surface area contributed by atoms with Crippen LogP contribution in [0.1, 0.15) is 40.5 Å². The Hall–Kier alpha value is -2.92. The van der Waals surface area contributed by atoms with E-state index in [0.717, 1.165) is 22.2 Å². The Morgan fingerprint density at radius 3 is 1.94 bits per heavy atom. The number of imide groups is 1. The van der Waals surface area contributed by atoms with E-state index < -0.39 is 46.3 Å². The number of ketones is 1. The lowest BCUT2D eigenvalue weighted by atomic mass is 9.81. The van der Waals surface area contributed by atoms with Crippen molar-refractivity contribution in [3.8, 4) is 0 Å². The molecule has 0 aromatic heterocycles. The number of alkyl halides is 2. The van der Waals surface area contributed by atoms with E-state index in [1.54, 1.807) is 30.3 Å². The molecular formula is C24H21Br2N3O6. The van der Waals surface area contributed by atoms with Crippen molar-refractivity contribution in [1.82, 2.24) is 10.0 Å². The molecule has 0 radical (unpaired) electrons. The maximum absolute atomic E-state index is 13.7. The van der Waals surface area contributed by atoms with Crippen molar-refractivity contribution >= 4 is 61.1 Å². The Morgan fingerprint density at radius 1 is 0.943 bits per heavy atom. The number of nitrogens with zero attached hydrogens (tertiary/aromatic N) is 3. The fourth-order valence-corrected chi connectivity index (χ4v) is 5.78.